The lowest BCUT2D eigenvalue weighted by molar-refractivity contribution is -0.114. The lowest BCUT2D eigenvalue weighted by Crippen LogP contribution is -2.34. The van der Waals surface area contributed by atoms with Gasteiger partial charge in [0.25, 0.3) is 11.5 Å². The highest BCUT2D eigenvalue weighted by atomic mass is 35.5. The number of nitrogens with zero attached hydrogens (tertiary/aromatic N) is 2. The van der Waals surface area contributed by atoms with Crippen molar-refractivity contribution in [1.82, 2.24) is 10.3 Å². The molecule has 4 N–H and O–H groups in total. The number of nitrogens with one attached hydrogen (secondary N) is 3. The molecule has 0 aliphatic heterocycles. The molecule has 0 aliphatic rings. The molecule has 0 spiro atoms. The standard InChI is InChI=1S/C19H11Cl2N5O5/c20-13-6-10(25-26-15(8-22)18(28)24-19(29)30)7-14(21)16(13)31-11-1-2-12-9(5-11)3-4-23-17(12)27/h1-7,25H,(H,23,27)(H,24,28)(H,29,30). The highest BCUT2D eigenvalue weighted by Crippen LogP contribution is 2.39. The molecule has 2 aromatic carbocycles. The highest BCUT2D eigenvalue weighted by molar-refractivity contribution is 6.46. The van der Waals surface area contributed by atoms with Gasteiger partial charge in [-0.2, -0.15) is 10.4 Å². The summed E-state index contributed by atoms with van der Waals surface area (Å²) in [4.78, 5) is 36.4. The van der Waals surface area contributed by atoms with Gasteiger partial charge in [0.05, 0.1) is 15.7 Å². The first-order chi connectivity index (χ1) is 14.8. The van der Waals surface area contributed by atoms with Crippen molar-refractivity contribution in [1.29, 1.82) is 5.26 Å². The molecule has 1 aromatic heterocycles. The Bertz CT molecular complexity index is 1310. The fourth-order valence-electron chi connectivity index (χ4n) is 2.48. The SMILES string of the molecule is N#CC(=NNc1cc(Cl)c(Oc2ccc3c(=O)[nH]ccc3c2)c(Cl)c1)C(=O)NC(=O)O. The first kappa shape index (κ1) is 21.6. The zero-order valence-electron chi connectivity index (χ0n) is 15.3. The van der Waals surface area contributed by atoms with Crippen LogP contribution in [0.5, 0.6) is 11.5 Å². The summed E-state index contributed by atoms with van der Waals surface area (Å²) >= 11 is 12.5. The third-order valence-electron chi connectivity index (χ3n) is 3.80. The number of rotatable bonds is 5. The molecule has 0 atom stereocenters. The van der Waals surface area contributed by atoms with Gasteiger partial charge in [0.1, 0.15) is 11.8 Å². The van der Waals surface area contributed by atoms with Crippen LogP contribution in [0.25, 0.3) is 10.8 Å². The summed E-state index contributed by atoms with van der Waals surface area (Å²) in [5.41, 5.74) is 1.66. The Hall–Kier alpha value is -4.07. The van der Waals surface area contributed by atoms with Crippen LogP contribution in [0, 0.1) is 11.3 Å². The van der Waals surface area contributed by atoms with Gasteiger partial charge in [-0.3, -0.25) is 20.3 Å². The second kappa shape index (κ2) is 9.17. The molecule has 1 heterocycles. The smallest absolute Gasteiger partial charge is 0.411 e. The van der Waals surface area contributed by atoms with Crippen molar-refractivity contribution < 1.29 is 19.4 Å². The zero-order valence-corrected chi connectivity index (χ0v) is 16.8. The van der Waals surface area contributed by atoms with Crippen LogP contribution in [-0.4, -0.2) is 27.8 Å². The maximum atomic E-state index is 11.8. The van der Waals surface area contributed by atoms with Crippen LogP contribution in [0.4, 0.5) is 10.5 Å². The van der Waals surface area contributed by atoms with Gasteiger partial charge in [-0.15, -0.1) is 0 Å². The number of hydrogen-bond donors (Lipinski definition) is 4. The molecule has 31 heavy (non-hydrogen) atoms. The van der Waals surface area contributed by atoms with Gasteiger partial charge in [0, 0.05) is 11.6 Å². The van der Waals surface area contributed by atoms with Crippen molar-refractivity contribution in [3.63, 3.8) is 0 Å². The second-order valence-corrected chi connectivity index (χ2v) is 6.68. The van der Waals surface area contributed by atoms with E-state index in [9.17, 15) is 14.4 Å². The number of hydrogen-bond acceptors (Lipinski definition) is 7. The van der Waals surface area contributed by atoms with Crippen LogP contribution in [0.2, 0.25) is 10.0 Å². The Morgan fingerprint density at radius 2 is 1.87 bits per heavy atom. The van der Waals surface area contributed by atoms with Crippen molar-refractivity contribution in [2.75, 3.05) is 5.43 Å². The molecule has 2 amide bonds. The Labute approximate surface area is 183 Å². The fourth-order valence-corrected chi connectivity index (χ4v) is 3.04. The average molecular weight is 460 g/mol. The first-order valence-corrected chi connectivity index (χ1v) is 9.10. The van der Waals surface area contributed by atoms with E-state index in [0.717, 1.165) is 0 Å². The molecule has 0 aliphatic carbocycles. The number of fused-ring (bicyclic) bond motifs is 1. The summed E-state index contributed by atoms with van der Waals surface area (Å²) in [6.45, 7) is 0. The van der Waals surface area contributed by atoms with E-state index in [2.05, 4.69) is 15.5 Å². The normalized spacial score (nSPS) is 10.9. The van der Waals surface area contributed by atoms with Crippen molar-refractivity contribution in [3.05, 3.63) is 63.0 Å². The summed E-state index contributed by atoms with van der Waals surface area (Å²) < 4.78 is 5.75. The molecule has 0 fully saturated rings. The first-order valence-electron chi connectivity index (χ1n) is 8.35. The molecule has 0 radical (unpaired) electrons. The third-order valence-corrected chi connectivity index (χ3v) is 4.36. The summed E-state index contributed by atoms with van der Waals surface area (Å²) in [6, 6.07) is 10.8. The number of pyridine rings is 1. The van der Waals surface area contributed by atoms with Crippen LogP contribution in [-0.2, 0) is 4.79 Å². The number of carbonyl (C=O) groups excluding carboxylic acids is 1. The van der Waals surface area contributed by atoms with Gasteiger partial charge < -0.3 is 14.8 Å². The van der Waals surface area contributed by atoms with Gasteiger partial charge in [-0.05, 0) is 41.8 Å². The van der Waals surface area contributed by atoms with Gasteiger partial charge >= 0.3 is 6.09 Å². The number of carbonyl (C=O) groups is 2. The van der Waals surface area contributed by atoms with Crippen molar-refractivity contribution >= 4 is 57.4 Å². The average Bonchev–Trinajstić information content (AvgIpc) is 2.71. The summed E-state index contributed by atoms with van der Waals surface area (Å²) in [6.07, 6.45) is -0.111. The molecule has 0 saturated carbocycles. The topological polar surface area (TPSA) is 157 Å². The minimum absolute atomic E-state index is 0.0877. The number of amides is 2. The number of anilines is 1. The molecular weight excluding hydrogens is 449 g/mol. The lowest BCUT2D eigenvalue weighted by atomic mass is 10.2. The van der Waals surface area contributed by atoms with Crippen LogP contribution >= 0.6 is 23.2 Å². The Morgan fingerprint density at radius 1 is 1.16 bits per heavy atom. The number of imide groups is 1. The van der Waals surface area contributed by atoms with Gasteiger partial charge in [-0.1, -0.05) is 23.2 Å². The van der Waals surface area contributed by atoms with E-state index in [4.69, 9.17) is 38.3 Å². The summed E-state index contributed by atoms with van der Waals surface area (Å²) in [5.74, 6) is -0.682. The third kappa shape index (κ3) is 5.11. The van der Waals surface area contributed by atoms with E-state index in [0.29, 0.717) is 16.5 Å². The molecule has 0 unspecified atom stereocenters. The number of carboxylic acid groups (broad SMARTS) is 1. The molecule has 10 nitrogen and oxygen atoms in total. The van der Waals surface area contributed by atoms with Gasteiger partial charge in [-0.25, -0.2) is 4.79 Å². The van der Waals surface area contributed by atoms with Crippen LogP contribution in [0.1, 0.15) is 0 Å². The van der Waals surface area contributed by atoms with Crippen LogP contribution in [0.3, 0.4) is 0 Å². The van der Waals surface area contributed by atoms with E-state index in [1.165, 1.54) is 29.7 Å². The molecule has 12 heteroatoms. The minimum atomic E-state index is -1.63. The van der Waals surface area contributed by atoms with E-state index in [1.807, 2.05) is 0 Å². The molecule has 3 rings (SSSR count). The predicted octanol–water partition coefficient (Wildman–Crippen LogP) is 3.71. The van der Waals surface area contributed by atoms with Gasteiger partial charge in [0.2, 0.25) is 5.71 Å². The molecule has 0 saturated heterocycles. The maximum Gasteiger partial charge on any atom is 0.411 e. The van der Waals surface area contributed by atoms with Crippen molar-refractivity contribution in [3.8, 4) is 17.6 Å². The number of ether oxygens (including phenoxy) is 1. The number of benzene rings is 2. The highest BCUT2D eigenvalue weighted by Gasteiger charge is 2.15. The number of hydrazone groups is 1. The minimum Gasteiger partial charge on any atom is -0.465 e. The van der Waals surface area contributed by atoms with E-state index in [1.54, 1.807) is 24.3 Å². The quantitative estimate of drug-likeness (QED) is 0.334. The molecular formula is C19H11Cl2N5O5. The number of nitriles is 1. The van der Waals surface area contributed by atoms with Crippen LogP contribution < -0.4 is 21.0 Å². The largest absolute Gasteiger partial charge is 0.465 e. The number of aromatic nitrogens is 1. The fraction of sp³-hybridized carbons (Fsp3) is 0. The van der Waals surface area contributed by atoms with Crippen molar-refractivity contribution in [2.24, 2.45) is 5.10 Å². The van der Waals surface area contributed by atoms with E-state index in [-0.39, 0.29) is 27.0 Å². The maximum absolute atomic E-state index is 11.8. The Balaban J connectivity index is 1.83. The Kier molecular flexibility index (Phi) is 6.40. The Morgan fingerprint density at radius 3 is 2.52 bits per heavy atom. The summed E-state index contributed by atoms with van der Waals surface area (Å²) in [5, 5.41) is 23.8. The summed E-state index contributed by atoms with van der Waals surface area (Å²) in [7, 11) is 0. The zero-order chi connectivity index (χ0) is 22.5. The molecule has 0 bridgehead atoms. The van der Waals surface area contributed by atoms with E-state index < -0.39 is 17.7 Å². The lowest BCUT2D eigenvalue weighted by Gasteiger charge is -2.12. The number of aromatic amines is 1. The molecule has 156 valence electrons. The molecule has 3 aromatic rings. The van der Waals surface area contributed by atoms with E-state index >= 15 is 0 Å². The number of halogens is 2. The predicted molar refractivity (Wildman–Crippen MR) is 114 cm³/mol. The second-order valence-electron chi connectivity index (χ2n) is 5.87. The van der Waals surface area contributed by atoms with Crippen LogP contribution in [0.15, 0.2) is 52.5 Å². The monoisotopic (exact) mass is 459 g/mol. The van der Waals surface area contributed by atoms with Crippen molar-refractivity contribution in [2.45, 2.75) is 0 Å². The van der Waals surface area contributed by atoms with Gasteiger partial charge in [0.15, 0.2) is 5.75 Å². The number of H-pyrrole nitrogens is 1.